The molecule has 2 aromatic heterocycles. The molecule has 7 nitrogen and oxygen atoms in total. The van der Waals surface area contributed by atoms with E-state index >= 15 is 0 Å². The van der Waals surface area contributed by atoms with Crippen LogP contribution in [0.5, 0.6) is 0 Å². The van der Waals surface area contributed by atoms with Crippen molar-refractivity contribution in [1.29, 1.82) is 0 Å². The van der Waals surface area contributed by atoms with Gasteiger partial charge >= 0.3 is 0 Å². The first-order valence-electron chi connectivity index (χ1n) is 11.2. The number of rotatable bonds is 7. The minimum Gasteiger partial charge on any atom is -0.368 e. The number of nitrogens with one attached hydrogen (secondary N) is 2. The molecule has 0 fully saturated rings. The zero-order valence-corrected chi connectivity index (χ0v) is 18.8. The quantitative estimate of drug-likeness (QED) is 0.314. The summed E-state index contributed by atoms with van der Waals surface area (Å²) in [5.41, 5.74) is 11.5. The Kier molecular flexibility index (Phi) is 7.20. The first kappa shape index (κ1) is 24.3. The van der Waals surface area contributed by atoms with Gasteiger partial charge in [0.2, 0.25) is 5.91 Å². The molecule has 0 aliphatic carbocycles. The summed E-state index contributed by atoms with van der Waals surface area (Å²) in [4.78, 5) is 36.9. The number of benzene rings is 3. The van der Waals surface area contributed by atoms with Crippen LogP contribution in [0.1, 0.15) is 23.3 Å². The van der Waals surface area contributed by atoms with Crippen molar-refractivity contribution in [3.8, 4) is 22.5 Å². The number of amides is 2. The molecule has 0 saturated carbocycles. The van der Waals surface area contributed by atoms with Crippen molar-refractivity contribution in [3.05, 3.63) is 108 Å². The molecule has 2 amide bonds. The van der Waals surface area contributed by atoms with Crippen molar-refractivity contribution in [2.45, 2.75) is 19.9 Å². The number of pyridine rings is 1. The normalized spacial score (nSPS) is 11.4. The summed E-state index contributed by atoms with van der Waals surface area (Å²) in [6.45, 7) is 0. The van der Waals surface area contributed by atoms with Gasteiger partial charge in [-0.25, -0.2) is 4.98 Å². The van der Waals surface area contributed by atoms with Crippen LogP contribution in [-0.2, 0) is 11.2 Å². The van der Waals surface area contributed by atoms with Crippen LogP contribution >= 0.6 is 0 Å². The molecule has 0 unspecified atom stereocenters. The first-order valence-corrected chi connectivity index (χ1v) is 11.2. The summed E-state index contributed by atoms with van der Waals surface area (Å²) < 4.78 is 0. The standard InChI is InChI=1S/C28H23N5O2.CH4/c29-26(34)25(16-18-6-8-20(9-7-18)19-4-2-1-3-5-19)33-28(35)22-10-11-23-24(17-22)32-27(31-23)21-12-14-30-15-13-21;/h1-15,17,25H,16H2,(H2,29,34)(H,31,32)(H,33,35);1H4/t25-;/m0./s1. The summed E-state index contributed by atoms with van der Waals surface area (Å²) >= 11 is 0. The molecule has 2 heterocycles. The van der Waals surface area contributed by atoms with Gasteiger partial charge in [-0.15, -0.1) is 0 Å². The number of hydrogen-bond acceptors (Lipinski definition) is 4. The molecule has 5 aromatic rings. The topological polar surface area (TPSA) is 114 Å². The summed E-state index contributed by atoms with van der Waals surface area (Å²) in [6, 6.07) is 26.0. The molecule has 1 atom stereocenters. The van der Waals surface area contributed by atoms with Crippen molar-refractivity contribution in [1.82, 2.24) is 20.3 Å². The fourth-order valence-electron chi connectivity index (χ4n) is 3.96. The molecular weight excluding hydrogens is 450 g/mol. The van der Waals surface area contributed by atoms with Gasteiger partial charge in [0, 0.05) is 29.9 Å². The van der Waals surface area contributed by atoms with Gasteiger partial charge in [0.05, 0.1) is 11.0 Å². The molecule has 0 saturated heterocycles. The summed E-state index contributed by atoms with van der Waals surface area (Å²) in [7, 11) is 0. The van der Waals surface area contributed by atoms with Gasteiger partial charge in [-0.3, -0.25) is 14.6 Å². The Morgan fingerprint density at radius 1 is 0.861 bits per heavy atom. The van der Waals surface area contributed by atoms with E-state index in [0.29, 0.717) is 17.8 Å². The van der Waals surface area contributed by atoms with Crippen LogP contribution in [0.3, 0.4) is 0 Å². The number of carbonyl (C=O) groups excluding carboxylic acids is 2. The highest BCUT2D eigenvalue weighted by Gasteiger charge is 2.20. The highest BCUT2D eigenvalue weighted by atomic mass is 16.2. The Morgan fingerprint density at radius 2 is 1.56 bits per heavy atom. The fourth-order valence-corrected chi connectivity index (χ4v) is 3.96. The smallest absolute Gasteiger partial charge is 0.252 e. The lowest BCUT2D eigenvalue weighted by molar-refractivity contribution is -0.119. The fraction of sp³-hybridized carbons (Fsp3) is 0.103. The molecule has 180 valence electrons. The van der Waals surface area contributed by atoms with Gasteiger partial charge in [-0.05, 0) is 47.0 Å². The first-order chi connectivity index (χ1) is 17.1. The van der Waals surface area contributed by atoms with Crippen molar-refractivity contribution in [2.24, 2.45) is 5.73 Å². The Labute approximate surface area is 209 Å². The third-order valence-electron chi connectivity index (χ3n) is 5.85. The highest BCUT2D eigenvalue weighted by Crippen LogP contribution is 2.22. The van der Waals surface area contributed by atoms with Crippen LogP contribution in [-0.4, -0.2) is 32.8 Å². The van der Waals surface area contributed by atoms with Gasteiger partial charge in [-0.2, -0.15) is 0 Å². The SMILES string of the molecule is C.NC(=O)[C@H](Cc1ccc(-c2ccccc2)cc1)NC(=O)c1ccc2nc(-c3ccncc3)[nH]c2c1. The zero-order chi connectivity index (χ0) is 24.2. The minimum absolute atomic E-state index is 0. The third kappa shape index (κ3) is 5.31. The predicted molar refractivity (Wildman–Crippen MR) is 142 cm³/mol. The maximum absolute atomic E-state index is 12.9. The maximum atomic E-state index is 12.9. The number of nitrogens with zero attached hydrogens (tertiary/aromatic N) is 2. The summed E-state index contributed by atoms with van der Waals surface area (Å²) in [6.07, 6.45) is 3.69. The third-order valence-corrected chi connectivity index (χ3v) is 5.85. The van der Waals surface area contributed by atoms with Crippen molar-refractivity contribution in [2.75, 3.05) is 0 Å². The Bertz CT molecular complexity index is 1480. The predicted octanol–water partition coefficient (Wildman–Crippen LogP) is 4.75. The molecule has 5 rings (SSSR count). The van der Waals surface area contributed by atoms with E-state index in [1.165, 1.54) is 0 Å². The van der Waals surface area contributed by atoms with Crippen molar-refractivity contribution in [3.63, 3.8) is 0 Å². The average molecular weight is 478 g/mol. The van der Waals surface area contributed by atoms with Crippen LogP contribution < -0.4 is 11.1 Å². The van der Waals surface area contributed by atoms with E-state index < -0.39 is 11.9 Å². The van der Waals surface area contributed by atoms with Gasteiger partial charge < -0.3 is 16.0 Å². The molecule has 0 aliphatic heterocycles. The van der Waals surface area contributed by atoms with E-state index in [9.17, 15) is 9.59 Å². The molecule has 36 heavy (non-hydrogen) atoms. The number of aromatic amines is 1. The van der Waals surface area contributed by atoms with E-state index in [1.807, 2.05) is 66.7 Å². The lowest BCUT2D eigenvalue weighted by Crippen LogP contribution is -2.45. The van der Waals surface area contributed by atoms with Gasteiger partial charge in [0.1, 0.15) is 11.9 Å². The van der Waals surface area contributed by atoms with E-state index in [-0.39, 0.29) is 13.3 Å². The lowest BCUT2D eigenvalue weighted by Gasteiger charge is -2.16. The number of H-pyrrole nitrogens is 1. The molecule has 0 aliphatic rings. The second-order valence-electron chi connectivity index (χ2n) is 8.25. The van der Waals surface area contributed by atoms with Crippen LogP contribution in [0.15, 0.2) is 97.3 Å². The Morgan fingerprint density at radius 3 is 2.25 bits per heavy atom. The summed E-state index contributed by atoms with van der Waals surface area (Å²) in [5.74, 6) is -0.279. The molecular formula is C29H27N5O2. The number of primary amides is 1. The van der Waals surface area contributed by atoms with Gasteiger partial charge in [-0.1, -0.05) is 62.0 Å². The molecule has 7 heteroatoms. The van der Waals surface area contributed by atoms with Crippen LogP contribution in [0.4, 0.5) is 0 Å². The lowest BCUT2D eigenvalue weighted by atomic mass is 10.00. The average Bonchev–Trinajstić information content (AvgIpc) is 3.33. The molecule has 0 bridgehead atoms. The molecule has 4 N–H and O–H groups in total. The van der Waals surface area contributed by atoms with E-state index in [1.54, 1.807) is 30.6 Å². The Hall–Kier alpha value is -4.78. The van der Waals surface area contributed by atoms with Crippen molar-refractivity contribution >= 4 is 22.8 Å². The van der Waals surface area contributed by atoms with Gasteiger partial charge in [0.25, 0.3) is 5.91 Å². The van der Waals surface area contributed by atoms with Crippen molar-refractivity contribution < 1.29 is 9.59 Å². The minimum atomic E-state index is -0.838. The highest BCUT2D eigenvalue weighted by molar-refractivity contribution is 6.00. The van der Waals surface area contributed by atoms with E-state index in [4.69, 9.17) is 5.73 Å². The number of imidazole rings is 1. The number of hydrogen-bond donors (Lipinski definition) is 3. The largest absolute Gasteiger partial charge is 0.368 e. The monoisotopic (exact) mass is 477 g/mol. The van der Waals surface area contributed by atoms with Crippen LogP contribution in [0.25, 0.3) is 33.5 Å². The molecule has 0 spiro atoms. The molecule has 3 aromatic carbocycles. The van der Waals surface area contributed by atoms with E-state index in [2.05, 4.69) is 20.3 Å². The summed E-state index contributed by atoms with van der Waals surface area (Å²) in [5, 5.41) is 2.77. The number of nitrogens with two attached hydrogens (primary N) is 1. The second-order valence-corrected chi connectivity index (χ2v) is 8.25. The molecule has 0 radical (unpaired) electrons. The second kappa shape index (κ2) is 10.7. The maximum Gasteiger partial charge on any atom is 0.252 e. The Balaban J connectivity index is 0.00000304. The van der Waals surface area contributed by atoms with E-state index in [0.717, 1.165) is 33.3 Å². The number of carbonyl (C=O) groups is 2. The van der Waals surface area contributed by atoms with Crippen LogP contribution in [0, 0.1) is 0 Å². The number of aromatic nitrogens is 3. The zero-order valence-electron chi connectivity index (χ0n) is 18.8. The van der Waals surface area contributed by atoms with Crippen LogP contribution in [0.2, 0.25) is 0 Å². The number of fused-ring (bicyclic) bond motifs is 1. The van der Waals surface area contributed by atoms with Gasteiger partial charge in [0.15, 0.2) is 0 Å².